The molecular formula is C19H20ClNO4. The summed E-state index contributed by atoms with van der Waals surface area (Å²) in [4.78, 5) is 24.1. The van der Waals surface area contributed by atoms with Crippen molar-refractivity contribution in [1.29, 1.82) is 0 Å². The maximum absolute atomic E-state index is 12.3. The summed E-state index contributed by atoms with van der Waals surface area (Å²) in [6.07, 6.45) is -0.754. The summed E-state index contributed by atoms with van der Waals surface area (Å²) in [5, 5.41) is 3.33. The van der Waals surface area contributed by atoms with Crippen molar-refractivity contribution >= 4 is 29.2 Å². The van der Waals surface area contributed by atoms with Gasteiger partial charge in [-0.2, -0.15) is 0 Å². The van der Waals surface area contributed by atoms with E-state index in [-0.39, 0.29) is 5.91 Å². The van der Waals surface area contributed by atoms with E-state index in [1.807, 2.05) is 13.0 Å². The molecule has 0 fully saturated rings. The molecule has 0 aliphatic carbocycles. The van der Waals surface area contributed by atoms with Gasteiger partial charge in [0.05, 0.1) is 12.2 Å². The van der Waals surface area contributed by atoms with E-state index in [2.05, 4.69) is 5.32 Å². The molecule has 25 heavy (non-hydrogen) atoms. The first-order valence-corrected chi connectivity index (χ1v) is 8.29. The second-order valence-electron chi connectivity index (χ2n) is 5.46. The molecule has 0 saturated carbocycles. The van der Waals surface area contributed by atoms with Crippen molar-refractivity contribution in [2.24, 2.45) is 0 Å². The Morgan fingerprint density at radius 3 is 2.68 bits per heavy atom. The van der Waals surface area contributed by atoms with E-state index in [9.17, 15) is 9.59 Å². The van der Waals surface area contributed by atoms with Crippen molar-refractivity contribution in [2.75, 3.05) is 11.9 Å². The molecule has 5 nitrogen and oxygen atoms in total. The average Bonchev–Trinajstić information content (AvgIpc) is 2.58. The number of aryl methyl sites for hydroxylation is 1. The van der Waals surface area contributed by atoms with Crippen LogP contribution in [0.1, 0.15) is 29.8 Å². The Labute approximate surface area is 151 Å². The van der Waals surface area contributed by atoms with E-state index >= 15 is 0 Å². The van der Waals surface area contributed by atoms with Gasteiger partial charge in [0.1, 0.15) is 5.75 Å². The molecule has 0 aliphatic rings. The van der Waals surface area contributed by atoms with E-state index in [0.29, 0.717) is 28.6 Å². The number of carbonyl (C=O) groups excluding carboxylic acids is 2. The average molecular weight is 362 g/mol. The monoisotopic (exact) mass is 361 g/mol. The van der Waals surface area contributed by atoms with Gasteiger partial charge in [-0.1, -0.05) is 23.7 Å². The fourth-order valence-corrected chi connectivity index (χ4v) is 2.30. The molecule has 1 atom stereocenters. The molecule has 132 valence electrons. The first kappa shape index (κ1) is 18.8. The van der Waals surface area contributed by atoms with Crippen molar-refractivity contribution in [2.45, 2.75) is 26.9 Å². The van der Waals surface area contributed by atoms with Crippen LogP contribution in [-0.2, 0) is 9.53 Å². The third-order valence-electron chi connectivity index (χ3n) is 3.48. The van der Waals surface area contributed by atoms with Crippen LogP contribution in [0.4, 0.5) is 5.69 Å². The summed E-state index contributed by atoms with van der Waals surface area (Å²) < 4.78 is 10.6. The quantitative estimate of drug-likeness (QED) is 0.782. The lowest BCUT2D eigenvalue weighted by molar-refractivity contribution is -0.122. The fourth-order valence-electron chi connectivity index (χ4n) is 2.13. The van der Waals surface area contributed by atoms with E-state index in [0.717, 1.165) is 5.56 Å². The largest absolute Gasteiger partial charge is 0.481 e. The number of esters is 1. The molecule has 0 aliphatic heterocycles. The van der Waals surface area contributed by atoms with Gasteiger partial charge in [-0.05, 0) is 56.7 Å². The molecule has 1 N–H and O–H groups in total. The number of nitrogens with one attached hydrogen (secondary N) is 1. The number of rotatable bonds is 6. The van der Waals surface area contributed by atoms with Gasteiger partial charge in [0.25, 0.3) is 5.91 Å². The van der Waals surface area contributed by atoms with Gasteiger partial charge in [-0.3, -0.25) is 4.79 Å². The zero-order valence-electron chi connectivity index (χ0n) is 14.3. The van der Waals surface area contributed by atoms with Gasteiger partial charge in [0.15, 0.2) is 6.10 Å². The molecule has 1 amide bonds. The van der Waals surface area contributed by atoms with Crippen molar-refractivity contribution in [1.82, 2.24) is 0 Å². The summed E-state index contributed by atoms with van der Waals surface area (Å²) in [6.45, 7) is 5.54. The minimum atomic E-state index is -0.754. The number of carbonyl (C=O) groups is 2. The molecule has 0 radical (unpaired) electrons. The highest BCUT2D eigenvalue weighted by Gasteiger charge is 2.17. The Kier molecular flexibility index (Phi) is 6.42. The van der Waals surface area contributed by atoms with Crippen LogP contribution >= 0.6 is 11.6 Å². The van der Waals surface area contributed by atoms with Crippen LogP contribution in [-0.4, -0.2) is 24.6 Å². The number of hydrogen-bond acceptors (Lipinski definition) is 4. The first-order valence-electron chi connectivity index (χ1n) is 7.91. The zero-order chi connectivity index (χ0) is 18.4. The van der Waals surface area contributed by atoms with Crippen molar-refractivity contribution in [3.05, 3.63) is 58.6 Å². The summed E-state index contributed by atoms with van der Waals surface area (Å²) in [5.74, 6) is -0.331. The maximum atomic E-state index is 12.3. The third-order valence-corrected chi connectivity index (χ3v) is 3.72. The number of benzene rings is 2. The van der Waals surface area contributed by atoms with Gasteiger partial charge in [-0.15, -0.1) is 0 Å². The van der Waals surface area contributed by atoms with Gasteiger partial charge in [-0.25, -0.2) is 4.79 Å². The number of halogens is 1. The SMILES string of the molecule is CCOC(=O)c1cccc(O[C@H](C)C(=O)Nc2cc(Cl)ccc2C)c1. The molecule has 0 bridgehead atoms. The Bertz CT molecular complexity index is 776. The number of ether oxygens (including phenoxy) is 2. The Morgan fingerprint density at radius 2 is 1.96 bits per heavy atom. The highest BCUT2D eigenvalue weighted by molar-refractivity contribution is 6.31. The molecule has 6 heteroatoms. The molecule has 0 aromatic heterocycles. The number of hydrogen-bond donors (Lipinski definition) is 1. The predicted molar refractivity (Wildman–Crippen MR) is 97.3 cm³/mol. The number of amides is 1. The molecule has 0 saturated heterocycles. The molecule has 2 aromatic carbocycles. The van der Waals surface area contributed by atoms with Gasteiger partial charge >= 0.3 is 5.97 Å². The zero-order valence-corrected chi connectivity index (χ0v) is 15.1. The lowest BCUT2D eigenvalue weighted by atomic mass is 10.2. The van der Waals surface area contributed by atoms with Gasteiger partial charge < -0.3 is 14.8 Å². The van der Waals surface area contributed by atoms with Crippen LogP contribution in [0.3, 0.4) is 0 Å². The minimum absolute atomic E-state index is 0.293. The van der Waals surface area contributed by atoms with Crippen LogP contribution in [0, 0.1) is 6.92 Å². The van der Waals surface area contributed by atoms with E-state index in [1.165, 1.54) is 0 Å². The summed E-state index contributed by atoms with van der Waals surface area (Å²) in [7, 11) is 0. The van der Waals surface area contributed by atoms with Crippen LogP contribution in [0.25, 0.3) is 0 Å². The van der Waals surface area contributed by atoms with Gasteiger partial charge in [0.2, 0.25) is 0 Å². The lowest BCUT2D eigenvalue weighted by Gasteiger charge is -2.16. The molecular weight excluding hydrogens is 342 g/mol. The maximum Gasteiger partial charge on any atom is 0.338 e. The van der Waals surface area contributed by atoms with Gasteiger partial charge in [0, 0.05) is 10.7 Å². The van der Waals surface area contributed by atoms with E-state index in [4.69, 9.17) is 21.1 Å². The van der Waals surface area contributed by atoms with E-state index in [1.54, 1.807) is 50.2 Å². The fraction of sp³-hybridized carbons (Fsp3) is 0.263. The normalized spacial score (nSPS) is 11.5. The lowest BCUT2D eigenvalue weighted by Crippen LogP contribution is -2.30. The van der Waals surface area contributed by atoms with E-state index < -0.39 is 12.1 Å². The molecule has 0 unspecified atom stereocenters. The highest BCUT2D eigenvalue weighted by atomic mass is 35.5. The van der Waals surface area contributed by atoms with Crippen LogP contribution in [0.2, 0.25) is 5.02 Å². The smallest absolute Gasteiger partial charge is 0.338 e. The van der Waals surface area contributed by atoms with Crippen LogP contribution in [0.15, 0.2) is 42.5 Å². The first-order chi connectivity index (χ1) is 11.9. The Hall–Kier alpha value is -2.53. The van der Waals surface area contributed by atoms with Crippen molar-refractivity contribution in [3.8, 4) is 5.75 Å². The second kappa shape index (κ2) is 8.53. The van der Waals surface area contributed by atoms with Crippen LogP contribution in [0.5, 0.6) is 5.75 Å². The summed E-state index contributed by atoms with van der Waals surface area (Å²) in [5.41, 5.74) is 1.90. The molecule has 0 heterocycles. The Balaban J connectivity index is 2.05. The van der Waals surface area contributed by atoms with Crippen molar-refractivity contribution in [3.63, 3.8) is 0 Å². The number of anilines is 1. The molecule has 2 rings (SSSR count). The Morgan fingerprint density at radius 1 is 1.20 bits per heavy atom. The second-order valence-corrected chi connectivity index (χ2v) is 5.89. The van der Waals surface area contributed by atoms with Crippen LogP contribution < -0.4 is 10.1 Å². The minimum Gasteiger partial charge on any atom is -0.481 e. The predicted octanol–water partition coefficient (Wildman–Crippen LogP) is 4.23. The van der Waals surface area contributed by atoms with Crippen molar-refractivity contribution < 1.29 is 19.1 Å². The standard InChI is InChI=1S/C19H20ClNO4/c1-4-24-19(23)14-6-5-7-16(10-14)25-13(3)18(22)21-17-11-15(20)9-8-12(17)2/h5-11,13H,4H2,1-3H3,(H,21,22)/t13-/m1/s1. The third kappa shape index (κ3) is 5.22. The highest BCUT2D eigenvalue weighted by Crippen LogP contribution is 2.21. The molecule has 2 aromatic rings. The molecule has 0 spiro atoms. The topological polar surface area (TPSA) is 64.6 Å². The summed E-state index contributed by atoms with van der Waals surface area (Å²) >= 11 is 5.96. The summed E-state index contributed by atoms with van der Waals surface area (Å²) in [6, 6.07) is 11.8.